The zero-order chi connectivity index (χ0) is 19.5. The maximum atomic E-state index is 13.0. The highest BCUT2D eigenvalue weighted by atomic mass is 19.4. The molecule has 0 aromatic heterocycles. The molecule has 1 aliphatic heterocycles. The van der Waals surface area contributed by atoms with Gasteiger partial charge < -0.3 is 11.1 Å². The summed E-state index contributed by atoms with van der Waals surface area (Å²) in [6, 6.07) is 2.64. The van der Waals surface area contributed by atoms with Crippen LogP contribution in [0.15, 0.2) is 24.3 Å². The van der Waals surface area contributed by atoms with E-state index in [1.54, 1.807) is 6.92 Å². The van der Waals surface area contributed by atoms with Crippen molar-refractivity contribution >= 4 is 11.6 Å². The van der Waals surface area contributed by atoms with E-state index in [9.17, 15) is 26.7 Å². The third-order valence-corrected chi connectivity index (χ3v) is 4.24. The molecule has 1 saturated heterocycles. The summed E-state index contributed by atoms with van der Waals surface area (Å²) in [4.78, 5) is 12.4. The number of rotatable bonds is 5. The first-order chi connectivity index (χ1) is 12.1. The zero-order valence-corrected chi connectivity index (χ0v) is 14.0. The van der Waals surface area contributed by atoms with Crippen molar-refractivity contribution in [2.75, 3.05) is 11.9 Å². The lowest BCUT2D eigenvalue weighted by Crippen LogP contribution is -2.64. The maximum absolute atomic E-state index is 13.0. The standard InChI is InChI=1S/C16H21F5N4O/c1-8-6-12(13(17)18)25-14(23-8)11(7-22)15(26)24-10-4-2-9(3-5-10)16(19,20)21/h2-5,8,11-14,23,25H,6-7,22H2,1H3,(H,24,26). The minimum atomic E-state index is -4.47. The van der Waals surface area contributed by atoms with E-state index in [-0.39, 0.29) is 24.7 Å². The molecule has 5 nitrogen and oxygen atoms in total. The third-order valence-electron chi connectivity index (χ3n) is 4.24. The van der Waals surface area contributed by atoms with Gasteiger partial charge >= 0.3 is 6.18 Å². The number of nitrogens with two attached hydrogens (primary N) is 1. The quantitative estimate of drug-likeness (QED) is 0.591. The molecule has 0 bridgehead atoms. The van der Waals surface area contributed by atoms with Crippen LogP contribution in [0, 0.1) is 5.92 Å². The Morgan fingerprint density at radius 1 is 1.27 bits per heavy atom. The topological polar surface area (TPSA) is 79.2 Å². The molecule has 4 atom stereocenters. The summed E-state index contributed by atoms with van der Waals surface area (Å²) in [7, 11) is 0. The molecule has 0 saturated carbocycles. The monoisotopic (exact) mass is 380 g/mol. The second kappa shape index (κ2) is 8.28. The average Bonchev–Trinajstić information content (AvgIpc) is 2.54. The lowest BCUT2D eigenvalue weighted by molar-refractivity contribution is -0.137. The van der Waals surface area contributed by atoms with Crippen LogP contribution in [0.5, 0.6) is 0 Å². The van der Waals surface area contributed by atoms with Crippen LogP contribution >= 0.6 is 0 Å². The number of carbonyl (C=O) groups excluding carboxylic acids is 1. The molecule has 1 aromatic rings. The third kappa shape index (κ3) is 5.12. The summed E-state index contributed by atoms with van der Waals surface area (Å²) in [6.45, 7) is 1.60. The average molecular weight is 380 g/mol. The molecular weight excluding hydrogens is 359 g/mol. The summed E-state index contributed by atoms with van der Waals surface area (Å²) < 4.78 is 63.7. The number of anilines is 1. The van der Waals surface area contributed by atoms with Gasteiger partial charge in [-0.2, -0.15) is 13.2 Å². The number of alkyl halides is 5. The number of nitrogens with one attached hydrogen (secondary N) is 3. The summed E-state index contributed by atoms with van der Waals surface area (Å²) >= 11 is 0. The van der Waals surface area contributed by atoms with Gasteiger partial charge in [-0.1, -0.05) is 0 Å². The van der Waals surface area contributed by atoms with Crippen LogP contribution < -0.4 is 21.7 Å². The van der Waals surface area contributed by atoms with Crippen molar-refractivity contribution in [3.63, 3.8) is 0 Å². The highest BCUT2D eigenvalue weighted by Gasteiger charge is 2.37. The van der Waals surface area contributed by atoms with Crippen LogP contribution in [0.1, 0.15) is 18.9 Å². The molecule has 1 heterocycles. The molecule has 10 heteroatoms. The molecule has 1 aliphatic rings. The number of amides is 1. The number of halogens is 5. The van der Waals surface area contributed by atoms with Crippen LogP contribution in [-0.2, 0) is 11.0 Å². The van der Waals surface area contributed by atoms with E-state index in [2.05, 4.69) is 16.0 Å². The van der Waals surface area contributed by atoms with Gasteiger partial charge in [0, 0.05) is 18.3 Å². The van der Waals surface area contributed by atoms with Crippen molar-refractivity contribution in [3.05, 3.63) is 29.8 Å². The van der Waals surface area contributed by atoms with Crippen LogP contribution in [0.25, 0.3) is 0 Å². The first kappa shape index (κ1) is 20.5. The normalized spacial score (nSPS) is 25.2. The Morgan fingerprint density at radius 3 is 2.38 bits per heavy atom. The van der Waals surface area contributed by atoms with Crippen LogP contribution in [0.2, 0.25) is 0 Å². The molecule has 0 spiro atoms. The highest BCUT2D eigenvalue weighted by molar-refractivity contribution is 5.93. The van der Waals surface area contributed by atoms with Gasteiger partial charge in [-0.3, -0.25) is 15.4 Å². The minimum Gasteiger partial charge on any atom is -0.330 e. The van der Waals surface area contributed by atoms with E-state index in [1.807, 2.05) is 0 Å². The number of hydrogen-bond donors (Lipinski definition) is 4. The molecule has 0 aliphatic carbocycles. The lowest BCUT2D eigenvalue weighted by Gasteiger charge is -2.39. The van der Waals surface area contributed by atoms with E-state index in [4.69, 9.17) is 5.73 Å². The van der Waals surface area contributed by atoms with Gasteiger partial charge in [-0.15, -0.1) is 0 Å². The van der Waals surface area contributed by atoms with Crippen LogP contribution in [0.4, 0.5) is 27.6 Å². The fourth-order valence-corrected chi connectivity index (χ4v) is 2.88. The molecule has 5 N–H and O–H groups in total. The van der Waals surface area contributed by atoms with Crippen molar-refractivity contribution in [1.29, 1.82) is 0 Å². The van der Waals surface area contributed by atoms with Gasteiger partial charge in [-0.05, 0) is 37.6 Å². The number of hydrogen-bond acceptors (Lipinski definition) is 4. The van der Waals surface area contributed by atoms with E-state index in [0.29, 0.717) is 0 Å². The SMILES string of the molecule is CC1CC(C(F)F)NC(C(CN)C(=O)Nc2ccc(C(F)(F)F)cc2)N1. The predicted octanol–water partition coefficient (Wildman–Crippen LogP) is 2.15. The molecule has 0 radical (unpaired) electrons. The van der Waals surface area contributed by atoms with Crippen molar-refractivity contribution in [2.24, 2.45) is 11.7 Å². The Morgan fingerprint density at radius 2 is 1.88 bits per heavy atom. The molecule has 1 fully saturated rings. The van der Waals surface area contributed by atoms with Crippen molar-refractivity contribution < 1.29 is 26.7 Å². The first-order valence-electron chi connectivity index (χ1n) is 8.10. The second-order valence-electron chi connectivity index (χ2n) is 6.30. The van der Waals surface area contributed by atoms with Crippen molar-refractivity contribution in [1.82, 2.24) is 10.6 Å². The van der Waals surface area contributed by atoms with Gasteiger partial charge in [-0.25, -0.2) is 8.78 Å². The molecular formula is C16H21F5N4O. The van der Waals surface area contributed by atoms with Crippen LogP contribution in [-0.4, -0.2) is 37.1 Å². The maximum Gasteiger partial charge on any atom is 0.416 e. The van der Waals surface area contributed by atoms with Gasteiger partial charge in [0.25, 0.3) is 6.43 Å². The van der Waals surface area contributed by atoms with Gasteiger partial charge in [0.15, 0.2) is 0 Å². The molecule has 26 heavy (non-hydrogen) atoms. The van der Waals surface area contributed by atoms with Crippen molar-refractivity contribution in [3.8, 4) is 0 Å². The smallest absolute Gasteiger partial charge is 0.330 e. The molecule has 1 aromatic carbocycles. The summed E-state index contributed by atoms with van der Waals surface area (Å²) in [5.74, 6) is -1.44. The lowest BCUT2D eigenvalue weighted by atomic mass is 9.97. The largest absolute Gasteiger partial charge is 0.416 e. The van der Waals surface area contributed by atoms with Gasteiger partial charge in [0.05, 0.1) is 23.7 Å². The fraction of sp³-hybridized carbons (Fsp3) is 0.562. The van der Waals surface area contributed by atoms with E-state index in [0.717, 1.165) is 24.3 Å². The Balaban J connectivity index is 2.06. The van der Waals surface area contributed by atoms with Gasteiger partial charge in [0.1, 0.15) is 0 Å². The van der Waals surface area contributed by atoms with E-state index < -0.39 is 42.2 Å². The van der Waals surface area contributed by atoms with E-state index >= 15 is 0 Å². The number of benzene rings is 1. The predicted molar refractivity (Wildman–Crippen MR) is 86.5 cm³/mol. The minimum absolute atomic E-state index is 0.125. The second-order valence-corrected chi connectivity index (χ2v) is 6.30. The molecule has 1 amide bonds. The Labute approximate surface area is 147 Å². The summed E-state index contributed by atoms with van der Waals surface area (Å²) in [5.41, 5.74) is 4.95. The number of carbonyl (C=O) groups is 1. The van der Waals surface area contributed by atoms with E-state index in [1.165, 1.54) is 0 Å². The first-order valence-corrected chi connectivity index (χ1v) is 8.10. The highest BCUT2D eigenvalue weighted by Crippen LogP contribution is 2.30. The molecule has 2 rings (SSSR count). The van der Waals surface area contributed by atoms with Crippen molar-refractivity contribution in [2.45, 2.75) is 44.2 Å². The zero-order valence-electron chi connectivity index (χ0n) is 14.0. The Hall–Kier alpha value is -1.78. The Kier molecular flexibility index (Phi) is 6.53. The molecule has 146 valence electrons. The summed E-state index contributed by atoms with van der Waals surface area (Å²) in [5, 5.41) is 8.17. The van der Waals surface area contributed by atoms with Crippen LogP contribution in [0.3, 0.4) is 0 Å². The summed E-state index contributed by atoms with van der Waals surface area (Å²) in [6.07, 6.45) is -7.62. The Bertz CT molecular complexity index is 608. The fourth-order valence-electron chi connectivity index (χ4n) is 2.88. The van der Waals surface area contributed by atoms with Gasteiger partial charge in [0.2, 0.25) is 5.91 Å². The molecule has 4 unspecified atom stereocenters.